The summed E-state index contributed by atoms with van der Waals surface area (Å²) in [4.78, 5) is 11.6. The Kier molecular flexibility index (Phi) is 10.2. The van der Waals surface area contributed by atoms with Gasteiger partial charge in [0.05, 0.1) is 6.54 Å². The maximum Gasteiger partial charge on any atom is 0.234 e. The molecule has 0 heterocycles. The van der Waals surface area contributed by atoms with E-state index in [1.54, 1.807) is 0 Å². The Hall–Kier alpha value is -0.570. The summed E-state index contributed by atoms with van der Waals surface area (Å²) in [6, 6.07) is 0.784. The molecule has 17 heavy (non-hydrogen) atoms. The predicted molar refractivity (Wildman–Crippen MR) is 74.1 cm³/mol. The first kappa shape index (κ1) is 16.4. The molecule has 0 saturated heterocycles. The Morgan fingerprint density at radius 1 is 1.12 bits per heavy atom. The Morgan fingerprint density at radius 3 is 2.35 bits per heavy atom. The fourth-order valence-electron chi connectivity index (χ4n) is 1.81. The van der Waals surface area contributed by atoms with E-state index in [4.69, 9.17) is 0 Å². The lowest BCUT2D eigenvalue weighted by atomic mass is 10.1. The second-order valence-electron chi connectivity index (χ2n) is 4.89. The highest BCUT2D eigenvalue weighted by molar-refractivity contribution is 5.78. The third-order valence-corrected chi connectivity index (χ3v) is 3.11. The predicted octanol–water partition coefficient (Wildman–Crippen LogP) is 2.85. The van der Waals surface area contributed by atoms with E-state index < -0.39 is 0 Å². The van der Waals surface area contributed by atoms with Crippen molar-refractivity contribution in [1.82, 2.24) is 10.6 Å². The smallest absolute Gasteiger partial charge is 0.234 e. The van der Waals surface area contributed by atoms with Crippen LogP contribution in [0.3, 0.4) is 0 Å². The molecule has 102 valence electrons. The van der Waals surface area contributed by atoms with Crippen LogP contribution in [-0.4, -0.2) is 24.5 Å². The van der Waals surface area contributed by atoms with Crippen LogP contribution in [0, 0.1) is 0 Å². The highest BCUT2D eigenvalue weighted by Gasteiger charge is 2.10. The summed E-state index contributed by atoms with van der Waals surface area (Å²) in [5, 5.41) is 6.35. The van der Waals surface area contributed by atoms with Crippen LogP contribution in [-0.2, 0) is 4.79 Å². The van der Waals surface area contributed by atoms with E-state index in [9.17, 15) is 4.79 Å². The maximum atomic E-state index is 11.6. The van der Waals surface area contributed by atoms with E-state index in [1.165, 1.54) is 25.7 Å². The number of rotatable bonds is 10. The molecule has 0 aliphatic rings. The Labute approximate surface area is 107 Å². The number of nitrogens with one attached hydrogen (secondary N) is 2. The number of carbonyl (C=O) groups is 1. The Bertz CT molecular complexity index is 195. The lowest BCUT2D eigenvalue weighted by molar-refractivity contribution is -0.121. The zero-order valence-electron chi connectivity index (χ0n) is 12.0. The first-order valence-electron chi connectivity index (χ1n) is 7.16. The van der Waals surface area contributed by atoms with Gasteiger partial charge in [-0.15, -0.1) is 0 Å². The molecule has 0 aliphatic carbocycles. The summed E-state index contributed by atoms with van der Waals surface area (Å²) >= 11 is 0. The monoisotopic (exact) mass is 242 g/mol. The molecule has 2 N–H and O–H groups in total. The summed E-state index contributed by atoms with van der Waals surface area (Å²) in [5.74, 6) is 0.122. The number of carbonyl (C=O) groups excluding carboxylic acids is 1. The minimum Gasteiger partial charge on any atom is -0.353 e. The van der Waals surface area contributed by atoms with Gasteiger partial charge in [0, 0.05) is 12.1 Å². The molecule has 0 saturated carbocycles. The third-order valence-electron chi connectivity index (χ3n) is 3.11. The van der Waals surface area contributed by atoms with Gasteiger partial charge in [-0.25, -0.2) is 0 Å². The Morgan fingerprint density at radius 2 is 1.82 bits per heavy atom. The lowest BCUT2D eigenvalue weighted by Gasteiger charge is -2.18. The summed E-state index contributed by atoms with van der Waals surface area (Å²) < 4.78 is 0. The van der Waals surface area contributed by atoms with Crippen molar-refractivity contribution in [3.05, 3.63) is 0 Å². The number of unbranched alkanes of at least 4 members (excludes halogenated alkanes) is 1. The van der Waals surface area contributed by atoms with Gasteiger partial charge in [0.15, 0.2) is 0 Å². The Balaban J connectivity index is 3.81. The summed E-state index contributed by atoms with van der Waals surface area (Å²) in [6.07, 6.45) is 6.97. The van der Waals surface area contributed by atoms with Crippen molar-refractivity contribution in [3.63, 3.8) is 0 Å². The van der Waals surface area contributed by atoms with Gasteiger partial charge < -0.3 is 10.6 Å². The van der Waals surface area contributed by atoms with Crippen LogP contribution >= 0.6 is 0 Å². The number of hydrogen-bond acceptors (Lipinski definition) is 2. The average molecular weight is 242 g/mol. The topological polar surface area (TPSA) is 41.1 Å². The highest BCUT2D eigenvalue weighted by Crippen LogP contribution is 2.06. The van der Waals surface area contributed by atoms with Crippen molar-refractivity contribution in [2.75, 3.05) is 6.54 Å². The molecule has 0 aromatic rings. The van der Waals surface area contributed by atoms with Crippen LogP contribution < -0.4 is 10.6 Å². The van der Waals surface area contributed by atoms with Crippen molar-refractivity contribution >= 4 is 5.91 Å². The maximum absolute atomic E-state index is 11.6. The second-order valence-corrected chi connectivity index (χ2v) is 4.89. The van der Waals surface area contributed by atoms with E-state index in [0.29, 0.717) is 12.6 Å². The molecule has 1 amide bonds. The molecular weight excluding hydrogens is 212 g/mol. The van der Waals surface area contributed by atoms with E-state index in [-0.39, 0.29) is 11.9 Å². The van der Waals surface area contributed by atoms with Crippen LogP contribution in [0.2, 0.25) is 0 Å². The highest BCUT2D eigenvalue weighted by atomic mass is 16.1. The van der Waals surface area contributed by atoms with Crippen LogP contribution in [0.1, 0.15) is 66.2 Å². The molecule has 3 heteroatoms. The zero-order valence-corrected chi connectivity index (χ0v) is 12.0. The van der Waals surface area contributed by atoms with Crippen molar-refractivity contribution in [2.24, 2.45) is 0 Å². The normalized spacial score (nSPS) is 14.4. The average Bonchev–Trinajstić information content (AvgIpc) is 2.32. The largest absolute Gasteiger partial charge is 0.353 e. The van der Waals surface area contributed by atoms with Crippen LogP contribution in [0.15, 0.2) is 0 Å². The van der Waals surface area contributed by atoms with E-state index in [0.717, 1.165) is 12.8 Å². The standard InChI is InChI=1S/C14H30N2O/c1-5-8-10-13(9-6-2)15-11-14(17)16-12(4)7-3/h12-13,15H,5-11H2,1-4H3,(H,16,17). The van der Waals surface area contributed by atoms with Gasteiger partial charge in [-0.2, -0.15) is 0 Å². The molecule has 0 fully saturated rings. The molecule has 0 rings (SSSR count). The molecule has 0 spiro atoms. The van der Waals surface area contributed by atoms with Gasteiger partial charge in [-0.05, 0) is 26.2 Å². The zero-order chi connectivity index (χ0) is 13.1. The van der Waals surface area contributed by atoms with Crippen LogP contribution in [0.5, 0.6) is 0 Å². The van der Waals surface area contributed by atoms with E-state index in [2.05, 4.69) is 31.4 Å². The van der Waals surface area contributed by atoms with Crippen LogP contribution in [0.25, 0.3) is 0 Å². The first-order valence-corrected chi connectivity index (χ1v) is 7.16. The molecule has 2 unspecified atom stereocenters. The molecule has 0 aromatic carbocycles. The third kappa shape index (κ3) is 9.16. The SMILES string of the molecule is CCCCC(CCC)NCC(=O)NC(C)CC. The van der Waals surface area contributed by atoms with Gasteiger partial charge in [0.1, 0.15) is 0 Å². The molecule has 0 aromatic heterocycles. The molecule has 0 bridgehead atoms. The van der Waals surface area contributed by atoms with Gasteiger partial charge in [-0.3, -0.25) is 4.79 Å². The van der Waals surface area contributed by atoms with Gasteiger partial charge in [0.25, 0.3) is 0 Å². The fraction of sp³-hybridized carbons (Fsp3) is 0.929. The van der Waals surface area contributed by atoms with Gasteiger partial charge >= 0.3 is 0 Å². The number of amides is 1. The number of hydrogen-bond donors (Lipinski definition) is 2. The molecule has 0 aliphatic heterocycles. The second kappa shape index (κ2) is 10.6. The minimum absolute atomic E-state index is 0.122. The van der Waals surface area contributed by atoms with Gasteiger partial charge in [-0.1, -0.05) is 40.0 Å². The molecule has 0 radical (unpaired) electrons. The van der Waals surface area contributed by atoms with Crippen LogP contribution in [0.4, 0.5) is 0 Å². The lowest BCUT2D eigenvalue weighted by Crippen LogP contribution is -2.42. The van der Waals surface area contributed by atoms with Gasteiger partial charge in [0.2, 0.25) is 5.91 Å². The van der Waals surface area contributed by atoms with Crippen molar-refractivity contribution < 1.29 is 4.79 Å². The van der Waals surface area contributed by atoms with Crippen molar-refractivity contribution in [3.8, 4) is 0 Å². The quantitative estimate of drug-likeness (QED) is 0.618. The minimum atomic E-state index is 0.122. The summed E-state index contributed by atoms with van der Waals surface area (Å²) in [5.41, 5.74) is 0. The molecule has 2 atom stereocenters. The summed E-state index contributed by atoms with van der Waals surface area (Å²) in [7, 11) is 0. The van der Waals surface area contributed by atoms with E-state index in [1.807, 2.05) is 6.92 Å². The summed E-state index contributed by atoms with van der Waals surface area (Å²) in [6.45, 7) is 8.98. The first-order chi connectivity index (χ1) is 8.13. The van der Waals surface area contributed by atoms with E-state index >= 15 is 0 Å². The fourth-order valence-corrected chi connectivity index (χ4v) is 1.81. The van der Waals surface area contributed by atoms with Crippen molar-refractivity contribution in [2.45, 2.75) is 78.3 Å². The van der Waals surface area contributed by atoms with Crippen molar-refractivity contribution in [1.29, 1.82) is 0 Å². The molecular formula is C14H30N2O. The molecule has 3 nitrogen and oxygen atoms in total.